The zero-order chi connectivity index (χ0) is 25.1. The third-order valence-corrected chi connectivity index (χ3v) is 5.86. The van der Waals surface area contributed by atoms with Crippen molar-refractivity contribution < 1.29 is 18.7 Å². The van der Waals surface area contributed by atoms with Gasteiger partial charge < -0.3 is 9.15 Å². The molecule has 0 saturated carbocycles. The highest BCUT2D eigenvalue weighted by Gasteiger charge is 2.16. The van der Waals surface area contributed by atoms with Crippen LogP contribution in [0.3, 0.4) is 0 Å². The van der Waals surface area contributed by atoms with Gasteiger partial charge in [-0.1, -0.05) is 54.1 Å². The molecule has 6 heteroatoms. The number of carbonyl (C=O) groups excluding carboxylic acids is 2. The van der Waals surface area contributed by atoms with E-state index in [1.807, 2.05) is 92.8 Å². The molecule has 5 rings (SSSR count). The summed E-state index contributed by atoms with van der Waals surface area (Å²) in [6, 6.07) is 24.9. The molecule has 0 unspecified atom stereocenters. The summed E-state index contributed by atoms with van der Waals surface area (Å²) >= 11 is 0. The van der Waals surface area contributed by atoms with E-state index in [4.69, 9.17) is 14.3 Å². The molecule has 2 heterocycles. The second-order valence-electron chi connectivity index (χ2n) is 8.54. The second kappa shape index (κ2) is 9.88. The number of carbonyl (C=O) groups is 2. The Balaban J connectivity index is 1.39. The third-order valence-electron chi connectivity index (χ3n) is 5.86. The maximum atomic E-state index is 12.6. The first-order chi connectivity index (χ1) is 17.5. The van der Waals surface area contributed by atoms with Crippen molar-refractivity contribution >= 4 is 28.8 Å². The number of Topliss-reactive ketones (excluding diaryl/α,β-unsaturated/α-hetero) is 1. The Hall–Kier alpha value is -4.71. The van der Waals surface area contributed by atoms with Crippen LogP contribution in [0.1, 0.15) is 27.0 Å². The molecule has 0 fully saturated rings. The highest BCUT2D eigenvalue weighted by Crippen LogP contribution is 2.30. The van der Waals surface area contributed by atoms with Crippen LogP contribution in [0.4, 0.5) is 0 Å². The number of furan rings is 1. The lowest BCUT2D eigenvalue weighted by Crippen LogP contribution is -2.13. The predicted molar refractivity (Wildman–Crippen MR) is 139 cm³/mol. The summed E-state index contributed by atoms with van der Waals surface area (Å²) in [5.41, 5.74) is 5.27. The number of hydrogen-bond donors (Lipinski definition) is 0. The molecule has 0 bridgehead atoms. The quantitative estimate of drug-likeness (QED) is 0.156. The van der Waals surface area contributed by atoms with E-state index in [-0.39, 0.29) is 12.4 Å². The summed E-state index contributed by atoms with van der Waals surface area (Å²) in [5, 5.41) is 5.68. The average molecular weight is 477 g/mol. The van der Waals surface area contributed by atoms with Crippen molar-refractivity contribution in [2.45, 2.75) is 13.8 Å². The van der Waals surface area contributed by atoms with Crippen molar-refractivity contribution in [1.29, 1.82) is 0 Å². The summed E-state index contributed by atoms with van der Waals surface area (Å²) in [6.45, 7) is 3.45. The molecule has 0 saturated heterocycles. The maximum absolute atomic E-state index is 12.6. The molecule has 0 aliphatic carbocycles. The molecule has 178 valence electrons. The van der Waals surface area contributed by atoms with Gasteiger partial charge >= 0.3 is 5.97 Å². The van der Waals surface area contributed by atoms with Gasteiger partial charge in [-0.15, -0.1) is 0 Å². The van der Waals surface area contributed by atoms with E-state index in [1.54, 1.807) is 16.8 Å². The fourth-order valence-electron chi connectivity index (χ4n) is 3.97. The molecule has 2 aromatic heterocycles. The molecule has 0 aliphatic heterocycles. The van der Waals surface area contributed by atoms with Gasteiger partial charge in [0.2, 0.25) is 5.78 Å². The molecule has 3 aromatic carbocycles. The normalized spacial score (nSPS) is 11.3. The molecule has 0 aliphatic rings. The fourth-order valence-corrected chi connectivity index (χ4v) is 3.97. The number of nitrogens with zero attached hydrogens (tertiary/aromatic N) is 2. The van der Waals surface area contributed by atoms with Crippen molar-refractivity contribution in [2.75, 3.05) is 6.61 Å². The smallest absolute Gasteiger partial charge is 0.331 e. The summed E-state index contributed by atoms with van der Waals surface area (Å²) < 4.78 is 13.0. The number of benzene rings is 3. The van der Waals surface area contributed by atoms with E-state index < -0.39 is 5.97 Å². The van der Waals surface area contributed by atoms with Crippen LogP contribution in [0.25, 0.3) is 34.2 Å². The number of para-hydroxylation sites is 2. The van der Waals surface area contributed by atoms with Gasteiger partial charge in [-0.25, -0.2) is 9.48 Å². The predicted octanol–water partition coefficient (Wildman–Crippen LogP) is 6.34. The highest BCUT2D eigenvalue weighted by atomic mass is 16.5. The maximum Gasteiger partial charge on any atom is 0.331 e. The Kier molecular flexibility index (Phi) is 6.33. The van der Waals surface area contributed by atoms with E-state index >= 15 is 0 Å². The van der Waals surface area contributed by atoms with Crippen molar-refractivity contribution in [3.8, 4) is 17.1 Å². The van der Waals surface area contributed by atoms with Gasteiger partial charge in [-0.2, -0.15) is 5.10 Å². The standard InChI is InChI=1S/C30H24N2O4/c1-20-12-13-21(2)25(16-20)26(33)19-35-29(34)15-14-23-18-32(24-9-4-3-5-10-24)31-30(23)28-17-22-8-6-7-11-27(22)36-28/h3-18H,19H2,1-2H3. The lowest BCUT2D eigenvalue weighted by atomic mass is 10.0. The van der Waals surface area contributed by atoms with Crippen LogP contribution < -0.4 is 0 Å². The van der Waals surface area contributed by atoms with Crippen molar-refractivity contribution in [3.63, 3.8) is 0 Å². The van der Waals surface area contributed by atoms with Gasteiger partial charge in [0, 0.05) is 28.8 Å². The number of esters is 1. The lowest BCUT2D eigenvalue weighted by Gasteiger charge is -2.06. The van der Waals surface area contributed by atoms with Crippen LogP contribution >= 0.6 is 0 Å². The minimum atomic E-state index is -0.614. The zero-order valence-electron chi connectivity index (χ0n) is 20.0. The summed E-state index contributed by atoms with van der Waals surface area (Å²) in [4.78, 5) is 25.0. The molecule has 6 nitrogen and oxygen atoms in total. The van der Waals surface area contributed by atoms with Gasteiger partial charge in [0.25, 0.3) is 0 Å². The average Bonchev–Trinajstić information content (AvgIpc) is 3.52. The highest BCUT2D eigenvalue weighted by molar-refractivity contribution is 6.00. The topological polar surface area (TPSA) is 74.3 Å². The van der Waals surface area contributed by atoms with Gasteiger partial charge in [-0.3, -0.25) is 4.79 Å². The first kappa shape index (κ1) is 23.1. The van der Waals surface area contributed by atoms with E-state index in [0.717, 1.165) is 27.8 Å². The van der Waals surface area contributed by atoms with E-state index in [1.165, 1.54) is 6.08 Å². The van der Waals surface area contributed by atoms with E-state index in [2.05, 4.69) is 0 Å². The number of ether oxygens (including phenoxy) is 1. The fraction of sp³-hybridized carbons (Fsp3) is 0.100. The minimum Gasteiger partial charge on any atom is -0.454 e. The number of fused-ring (bicyclic) bond motifs is 1. The molecule has 36 heavy (non-hydrogen) atoms. The minimum absolute atomic E-state index is 0.238. The largest absolute Gasteiger partial charge is 0.454 e. The Labute approximate surface area is 208 Å². The molecule has 0 spiro atoms. The van der Waals surface area contributed by atoms with Crippen molar-refractivity contribution in [1.82, 2.24) is 9.78 Å². The monoisotopic (exact) mass is 476 g/mol. The number of aromatic nitrogens is 2. The zero-order valence-corrected chi connectivity index (χ0v) is 20.0. The lowest BCUT2D eigenvalue weighted by molar-refractivity contribution is -0.136. The first-order valence-electron chi connectivity index (χ1n) is 11.6. The number of aryl methyl sites for hydroxylation is 2. The first-order valence-corrected chi connectivity index (χ1v) is 11.6. The van der Waals surface area contributed by atoms with Crippen LogP contribution in [-0.2, 0) is 9.53 Å². The number of hydrogen-bond acceptors (Lipinski definition) is 5. The van der Waals surface area contributed by atoms with Crippen LogP contribution in [0.2, 0.25) is 0 Å². The van der Waals surface area contributed by atoms with E-state index in [0.29, 0.717) is 22.6 Å². The van der Waals surface area contributed by atoms with Crippen molar-refractivity contribution in [3.05, 3.63) is 113 Å². The SMILES string of the molecule is Cc1ccc(C)c(C(=O)COC(=O)C=Cc2cn(-c3ccccc3)nc2-c2cc3ccccc3o2)c1. The second-order valence-corrected chi connectivity index (χ2v) is 8.54. The van der Waals surface area contributed by atoms with Gasteiger partial charge in [0.15, 0.2) is 12.4 Å². The Morgan fingerprint density at radius 3 is 2.56 bits per heavy atom. The Morgan fingerprint density at radius 2 is 1.75 bits per heavy atom. The Bertz CT molecular complexity index is 1560. The molecule has 5 aromatic rings. The molecule has 0 amide bonds. The molecular weight excluding hydrogens is 452 g/mol. The molecular formula is C30H24N2O4. The number of rotatable bonds is 7. The Morgan fingerprint density at radius 1 is 0.972 bits per heavy atom. The van der Waals surface area contributed by atoms with Crippen LogP contribution in [0.5, 0.6) is 0 Å². The summed E-state index contributed by atoms with van der Waals surface area (Å²) in [5.74, 6) is -0.265. The summed E-state index contributed by atoms with van der Waals surface area (Å²) in [6.07, 6.45) is 4.75. The molecule has 0 radical (unpaired) electrons. The van der Waals surface area contributed by atoms with E-state index in [9.17, 15) is 9.59 Å². The number of ketones is 1. The third kappa shape index (κ3) is 4.88. The van der Waals surface area contributed by atoms with Crippen LogP contribution in [0.15, 0.2) is 95.6 Å². The van der Waals surface area contributed by atoms with Crippen LogP contribution in [-0.4, -0.2) is 28.1 Å². The van der Waals surface area contributed by atoms with Crippen LogP contribution in [0, 0.1) is 13.8 Å². The molecule has 0 atom stereocenters. The van der Waals surface area contributed by atoms with Gasteiger partial charge in [0.1, 0.15) is 11.3 Å². The van der Waals surface area contributed by atoms with Gasteiger partial charge in [-0.05, 0) is 55.8 Å². The molecule has 0 N–H and O–H groups in total. The summed E-state index contributed by atoms with van der Waals surface area (Å²) in [7, 11) is 0. The van der Waals surface area contributed by atoms with Crippen molar-refractivity contribution in [2.24, 2.45) is 0 Å². The van der Waals surface area contributed by atoms with Gasteiger partial charge in [0.05, 0.1) is 5.69 Å².